The van der Waals surface area contributed by atoms with Gasteiger partial charge in [-0.2, -0.15) is 0 Å². The van der Waals surface area contributed by atoms with Crippen LogP contribution in [-0.2, 0) is 0 Å². The second-order valence-electron chi connectivity index (χ2n) is 7.84. The highest BCUT2D eigenvalue weighted by atomic mass is 15.3. The second-order valence-corrected chi connectivity index (χ2v) is 7.84. The van der Waals surface area contributed by atoms with Crippen LogP contribution in [-0.4, -0.2) is 30.4 Å². The van der Waals surface area contributed by atoms with Gasteiger partial charge < -0.3 is 9.97 Å². The van der Waals surface area contributed by atoms with Crippen molar-refractivity contribution in [3.05, 3.63) is 84.9 Å². The topological polar surface area (TPSA) is 83.1 Å². The molecule has 6 nitrogen and oxygen atoms in total. The number of fused-ring (bicyclic) bond motifs is 6. The van der Waals surface area contributed by atoms with Gasteiger partial charge in [-0.3, -0.25) is 0 Å². The lowest BCUT2D eigenvalue weighted by Gasteiger charge is -2.03. The Kier molecular flexibility index (Phi) is 3.46. The van der Waals surface area contributed by atoms with Gasteiger partial charge in [0.15, 0.2) is 0 Å². The Balaban J connectivity index is 1.38. The summed E-state index contributed by atoms with van der Waals surface area (Å²) in [6.07, 6.45) is 0. The van der Waals surface area contributed by atoms with Crippen molar-refractivity contribution in [2.75, 3.05) is 0 Å². The zero-order valence-electron chi connectivity index (χ0n) is 16.9. The summed E-state index contributed by atoms with van der Waals surface area (Å²) in [5, 5.41) is 22.4. The number of nitrogens with one attached hydrogen (secondary N) is 2. The number of benzene rings is 4. The van der Waals surface area contributed by atoms with Crippen molar-refractivity contribution in [3.8, 4) is 22.8 Å². The summed E-state index contributed by atoms with van der Waals surface area (Å²) in [6, 6.07) is 28.7. The highest BCUT2D eigenvalue weighted by Gasteiger charge is 2.15. The van der Waals surface area contributed by atoms with Crippen molar-refractivity contribution in [1.29, 1.82) is 0 Å². The number of rotatable bonds is 2. The molecule has 0 bridgehead atoms. The van der Waals surface area contributed by atoms with E-state index in [1.165, 1.54) is 10.8 Å². The van der Waals surface area contributed by atoms with Crippen LogP contribution >= 0.6 is 0 Å². The van der Waals surface area contributed by atoms with Crippen molar-refractivity contribution in [2.24, 2.45) is 0 Å². The molecule has 7 aromatic rings. The molecule has 2 N–H and O–H groups in total. The van der Waals surface area contributed by atoms with Crippen molar-refractivity contribution >= 4 is 43.6 Å². The third-order valence-corrected chi connectivity index (χ3v) is 6.04. The maximum Gasteiger partial charge on any atom is 0.205 e. The van der Waals surface area contributed by atoms with Crippen molar-refractivity contribution in [2.45, 2.75) is 0 Å². The highest BCUT2D eigenvalue weighted by Crippen LogP contribution is 2.33. The zero-order valence-corrected chi connectivity index (χ0v) is 16.9. The normalized spacial score (nSPS) is 11.8. The summed E-state index contributed by atoms with van der Waals surface area (Å²) in [4.78, 5) is 6.98. The average molecular weight is 412 g/mol. The van der Waals surface area contributed by atoms with E-state index in [0.29, 0.717) is 11.6 Å². The van der Waals surface area contributed by atoms with Gasteiger partial charge >= 0.3 is 0 Å². The SMILES string of the molecule is c1ccc2c(c1)[nH]c1c(-c3nnc(-c4cccc5c4[nH]c4ccccc45)nn3)cccc12. The van der Waals surface area contributed by atoms with Gasteiger partial charge in [0, 0.05) is 43.7 Å². The second kappa shape index (κ2) is 6.46. The van der Waals surface area contributed by atoms with E-state index in [4.69, 9.17) is 0 Å². The van der Waals surface area contributed by atoms with Crippen LogP contribution in [0.2, 0.25) is 0 Å². The van der Waals surface area contributed by atoms with Gasteiger partial charge in [-0.15, -0.1) is 20.4 Å². The Morgan fingerprint density at radius 2 is 0.812 bits per heavy atom. The van der Waals surface area contributed by atoms with Crippen LogP contribution in [0.25, 0.3) is 66.4 Å². The lowest BCUT2D eigenvalue weighted by Crippen LogP contribution is -2.00. The number of aromatic nitrogens is 6. The maximum absolute atomic E-state index is 4.45. The number of aromatic amines is 2. The largest absolute Gasteiger partial charge is 0.354 e. The molecule has 32 heavy (non-hydrogen) atoms. The standard InChI is InChI=1S/C26H16N6/c1-3-13-21-15(7-1)17-9-5-11-19(23(17)27-21)25-29-31-26(32-30-25)20-12-6-10-18-16-8-2-4-14-22(16)28-24(18)20/h1-14,27-28H. The molecule has 3 aromatic heterocycles. The first-order valence-corrected chi connectivity index (χ1v) is 10.4. The summed E-state index contributed by atoms with van der Waals surface area (Å²) in [6.45, 7) is 0. The third-order valence-electron chi connectivity index (χ3n) is 6.04. The molecule has 0 radical (unpaired) electrons. The summed E-state index contributed by atoms with van der Waals surface area (Å²) in [5.41, 5.74) is 5.91. The quantitative estimate of drug-likeness (QED) is 0.372. The number of nitrogens with zero attached hydrogens (tertiary/aromatic N) is 4. The van der Waals surface area contributed by atoms with E-state index in [0.717, 1.165) is 44.0 Å². The van der Waals surface area contributed by atoms with E-state index >= 15 is 0 Å². The third kappa shape index (κ3) is 2.40. The van der Waals surface area contributed by atoms with Gasteiger partial charge in [0.2, 0.25) is 11.6 Å². The molecule has 6 heteroatoms. The molecule has 0 spiro atoms. The molecule has 0 aliphatic heterocycles. The summed E-state index contributed by atoms with van der Waals surface area (Å²) in [5.74, 6) is 0.990. The molecule has 3 heterocycles. The van der Waals surface area contributed by atoms with Crippen LogP contribution in [0.4, 0.5) is 0 Å². The first-order chi connectivity index (χ1) is 15.9. The summed E-state index contributed by atoms with van der Waals surface area (Å²) in [7, 11) is 0. The Labute approximate surface area is 182 Å². The molecule has 0 amide bonds. The number of para-hydroxylation sites is 4. The first kappa shape index (κ1) is 17.1. The molecule has 0 fully saturated rings. The van der Waals surface area contributed by atoms with Crippen LogP contribution < -0.4 is 0 Å². The van der Waals surface area contributed by atoms with Crippen molar-refractivity contribution < 1.29 is 0 Å². The Bertz CT molecular complexity index is 1640. The van der Waals surface area contributed by atoms with Gasteiger partial charge in [-0.1, -0.05) is 60.7 Å². The zero-order chi connectivity index (χ0) is 21.1. The van der Waals surface area contributed by atoms with Crippen molar-refractivity contribution in [3.63, 3.8) is 0 Å². The van der Waals surface area contributed by atoms with Crippen LogP contribution in [0.3, 0.4) is 0 Å². The predicted octanol–water partition coefficient (Wildman–Crippen LogP) is 5.87. The minimum Gasteiger partial charge on any atom is -0.354 e. The van der Waals surface area contributed by atoms with E-state index in [9.17, 15) is 0 Å². The van der Waals surface area contributed by atoms with E-state index in [1.54, 1.807) is 0 Å². The van der Waals surface area contributed by atoms with Crippen molar-refractivity contribution in [1.82, 2.24) is 30.4 Å². The fraction of sp³-hybridized carbons (Fsp3) is 0. The minimum absolute atomic E-state index is 0.495. The van der Waals surface area contributed by atoms with Crippen LogP contribution in [0, 0.1) is 0 Å². The summed E-state index contributed by atoms with van der Waals surface area (Å²) >= 11 is 0. The first-order valence-electron chi connectivity index (χ1n) is 10.4. The predicted molar refractivity (Wildman–Crippen MR) is 127 cm³/mol. The number of H-pyrrole nitrogens is 2. The minimum atomic E-state index is 0.495. The Morgan fingerprint density at radius 1 is 0.406 bits per heavy atom. The van der Waals surface area contributed by atoms with Crippen LogP contribution in [0.15, 0.2) is 84.9 Å². The molecular formula is C26H16N6. The molecule has 0 aliphatic rings. The lowest BCUT2D eigenvalue weighted by molar-refractivity contribution is 0.878. The maximum atomic E-state index is 4.45. The molecule has 150 valence electrons. The van der Waals surface area contributed by atoms with Gasteiger partial charge in [-0.25, -0.2) is 0 Å². The fourth-order valence-corrected chi connectivity index (χ4v) is 4.56. The number of hydrogen-bond donors (Lipinski definition) is 2. The van der Waals surface area contributed by atoms with E-state index in [1.807, 2.05) is 48.5 Å². The molecule has 0 saturated carbocycles. The van der Waals surface area contributed by atoms with E-state index < -0.39 is 0 Å². The molecule has 0 aliphatic carbocycles. The molecule has 0 atom stereocenters. The van der Waals surface area contributed by atoms with Gasteiger partial charge in [0.05, 0.1) is 11.0 Å². The van der Waals surface area contributed by atoms with Crippen LogP contribution in [0.1, 0.15) is 0 Å². The molecule has 0 saturated heterocycles. The Hall–Kier alpha value is -4.58. The van der Waals surface area contributed by atoms with E-state index in [-0.39, 0.29) is 0 Å². The Morgan fingerprint density at radius 3 is 1.28 bits per heavy atom. The van der Waals surface area contributed by atoms with Gasteiger partial charge in [0.1, 0.15) is 0 Å². The molecule has 4 aromatic carbocycles. The molecule has 7 rings (SSSR count). The summed E-state index contributed by atoms with van der Waals surface area (Å²) < 4.78 is 0. The van der Waals surface area contributed by atoms with Gasteiger partial charge in [-0.05, 0) is 24.3 Å². The monoisotopic (exact) mass is 412 g/mol. The highest BCUT2D eigenvalue weighted by molar-refractivity contribution is 6.12. The average Bonchev–Trinajstić information content (AvgIpc) is 3.42. The fourth-order valence-electron chi connectivity index (χ4n) is 4.56. The van der Waals surface area contributed by atoms with Crippen LogP contribution in [0.5, 0.6) is 0 Å². The molecular weight excluding hydrogens is 396 g/mol. The smallest absolute Gasteiger partial charge is 0.205 e. The lowest BCUT2D eigenvalue weighted by atomic mass is 10.1. The van der Waals surface area contributed by atoms with E-state index in [2.05, 4.69) is 66.8 Å². The number of hydrogen-bond acceptors (Lipinski definition) is 4. The van der Waals surface area contributed by atoms with Gasteiger partial charge in [0.25, 0.3) is 0 Å². The molecule has 0 unspecified atom stereocenters.